The van der Waals surface area contributed by atoms with Crippen molar-refractivity contribution in [2.75, 3.05) is 4.90 Å². The van der Waals surface area contributed by atoms with Crippen molar-refractivity contribution in [3.05, 3.63) is 206 Å². The van der Waals surface area contributed by atoms with Crippen molar-refractivity contribution >= 4 is 71.3 Å². The maximum atomic E-state index is 6.71. The highest BCUT2D eigenvalue weighted by atomic mass is 32.1. The quantitative estimate of drug-likeness (QED) is 0.163. The molecule has 0 saturated carbocycles. The van der Waals surface area contributed by atoms with Gasteiger partial charge in [-0.1, -0.05) is 140 Å². The molecule has 0 aliphatic rings. The van der Waals surface area contributed by atoms with Crippen LogP contribution in [0.4, 0.5) is 17.1 Å². The molecule has 57 heavy (non-hydrogen) atoms. The Morgan fingerprint density at radius 1 is 0.404 bits per heavy atom. The third-order valence-corrected chi connectivity index (χ3v) is 12.0. The summed E-state index contributed by atoms with van der Waals surface area (Å²) in [6.45, 7) is 0. The highest BCUT2D eigenvalue weighted by molar-refractivity contribution is 7.21. The topological polar surface area (TPSA) is 29.3 Å². The van der Waals surface area contributed by atoms with Gasteiger partial charge in [0.1, 0.15) is 16.2 Å². The first kappa shape index (κ1) is 33.1. The molecular formula is C53H34N2OS. The Balaban J connectivity index is 0.979. The van der Waals surface area contributed by atoms with E-state index in [0.29, 0.717) is 0 Å². The maximum Gasteiger partial charge on any atom is 0.136 e. The fourth-order valence-electron chi connectivity index (χ4n) is 8.12. The van der Waals surface area contributed by atoms with Gasteiger partial charge in [0.2, 0.25) is 0 Å². The monoisotopic (exact) mass is 746 g/mol. The SMILES string of the molecule is c1ccc(-c2ccc(N(c3ccccc3)c3ccc(-c4c5ccccc5cc5oc6cc(-c7ccc(-c8nc9ccccc9s8)cc7)ccc6c45)cc3)cc2)cc1. The first-order valence-corrected chi connectivity index (χ1v) is 20.0. The van der Waals surface area contributed by atoms with Crippen molar-refractivity contribution in [3.63, 3.8) is 0 Å². The molecule has 0 aliphatic carbocycles. The van der Waals surface area contributed by atoms with Crippen LogP contribution in [-0.2, 0) is 0 Å². The molecule has 3 nitrogen and oxygen atoms in total. The second-order valence-electron chi connectivity index (χ2n) is 14.4. The normalized spacial score (nSPS) is 11.5. The van der Waals surface area contributed by atoms with Crippen molar-refractivity contribution in [2.24, 2.45) is 0 Å². The minimum absolute atomic E-state index is 0.875. The van der Waals surface area contributed by atoms with Crippen LogP contribution in [-0.4, -0.2) is 4.98 Å². The van der Waals surface area contributed by atoms with Gasteiger partial charge in [-0.15, -0.1) is 11.3 Å². The zero-order valence-corrected chi connectivity index (χ0v) is 31.7. The van der Waals surface area contributed by atoms with Crippen molar-refractivity contribution < 1.29 is 4.42 Å². The third-order valence-electron chi connectivity index (χ3n) is 10.9. The summed E-state index contributed by atoms with van der Waals surface area (Å²) < 4.78 is 7.92. The first-order valence-electron chi connectivity index (χ1n) is 19.2. The van der Waals surface area contributed by atoms with E-state index in [4.69, 9.17) is 9.40 Å². The smallest absolute Gasteiger partial charge is 0.136 e. The van der Waals surface area contributed by atoms with E-state index >= 15 is 0 Å². The molecule has 0 unspecified atom stereocenters. The van der Waals surface area contributed by atoms with Crippen LogP contribution in [0.15, 0.2) is 211 Å². The number of para-hydroxylation sites is 2. The second-order valence-corrected chi connectivity index (χ2v) is 15.4. The van der Waals surface area contributed by atoms with Crippen LogP contribution in [0, 0.1) is 0 Å². The molecule has 0 saturated heterocycles. The van der Waals surface area contributed by atoms with Gasteiger partial charge in [-0.2, -0.15) is 0 Å². The molecule has 11 aromatic rings. The molecule has 2 heterocycles. The third kappa shape index (κ3) is 5.95. The van der Waals surface area contributed by atoms with Crippen LogP contribution in [0.1, 0.15) is 0 Å². The molecule has 0 amide bonds. The number of hydrogen-bond acceptors (Lipinski definition) is 4. The van der Waals surface area contributed by atoms with Crippen LogP contribution in [0.25, 0.3) is 86.9 Å². The van der Waals surface area contributed by atoms with E-state index in [1.54, 1.807) is 11.3 Å². The van der Waals surface area contributed by atoms with Crippen molar-refractivity contribution in [2.45, 2.75) is 0 Å². The number of hydrogen-bond donors (Lipinski definition) is 0. The Kier molecular flexibility index (Phi) is 8.01. The van der Waals surface area contributed by atoms with Crippen LogP contribution in [0.2, 0.25) is 0 Å². The minimum Gasteiger partial charge on any atom is -0.456 e. The highest BCUT2D eigenvalue weighted by Crippen LogP contribution is 2.44. The molecule has 0 aliphatic heterocycles. The average Bonchev–Trinajstić information content (AvgIpc) is 3.88. The summed E-state index contributed by atoms with van der Waals surface area (Å²) in [6, 6.07) is 73.4. The van der Waals surface area contributed by atoms with E-state index < -0.39 is 0 Å². The molecule has 4 heteroatoms. The molecule has 268 valence electrons. The number of benzene rings is 9. The minimum atomic E-state index is 0.875. The Bertz CT molecular complexity index is 3170. The van der Waals surface area contributed by atoms with Gasteiger partial charge in [-0.25, -0.2) is 4.98 Å². The Hall–Kier alpha value is -7.27. The number of aromatic nitrogens is 1. The fraction of sp³-hybridized carbons (Fsp3) is 0. The lowest BCUT2D eigenvalue weighted by Crippen LogP contribution is -2.09. The van der Waals surface area contributed by atoms with Gasteiger partial charge in [0.05, 0.1) is 10.2 Å². The summed E-state index contributed by atoms with van der Waals surface area (Å²) >= 11 is 1.73. The zero-order valence-electron chi connectivity index (χ0n) is 30.8. The van der Waals surface area contributed by atoms with Gasteiger partial charge in [-0.05, 0) is 105 Å². The lowest BCUT2D eigenvalue weighted by Gasteiger charge is -2.26. The van der Waals surface area contributed by atoms with Crippen molar-refractivity contribution in [3.8, 4) is 44.0 Å². The van der Waals surface area contributed by atoms with E-state index in [1.807, 2.05) is 6.07 Å². The largest absolute Gasteiger partial charge is 0.456 e. The number of furan rings is 1. The predicted molar refractivity (Wildman–Crippen MR) is 241 cm³/mol. The number of thiazole rings is 1. The summed E-state index contributed by atoms with van der Waals surface area (Å²) in [5.74, 6) is 0. The van der Waals surface area contributed by atoms with Gasteiger partial charge in [-0.3, -0.25) is 0 Å². The van der Waals surface area contributed by atoms with Crippen molar-refractivity contribution in [1.29, 1.82) is 0 Å². The molecule has 11 rings (SSSR count). The molecule has 0 radical (unpaired) electrons. The van der Waals surface area contributed by atoms with Gasteiger partial charge in [0.25, 0.3) is 0 Å². The lowest BCUT2D eigenvalue weighted by atomic mass is 9.92. The standard InChI is InChI=1S/C53H34N2OS/c1-3-11-35(12-4-1)36-23-28-43(29-24-36)55(42-14-5-2-6-15-42)44-30-25-38(26-31-44)51-45-16-8-7-13-41(45)34-49-52(51)46-32-27-40(33-48(46)56-49)37-19-21-39(22-20-37)53-54-47-17-9-10-18-50(47)57-53/h1-34H. The maximum absolute atomic E-state index is 6.71. The van der Waals surface area contributed by atoms with Crippen LogP contribution < -0.4 is 4.90 Å². The van der Waals surface area contributed by atoms with Crippen LogP contribution in [0.5, 0.6) is 0 Å². The predicted octanol–water partition coefficient (Wildman–Crippen LogP) is 15.5. The molecule has 0 bridgehead atoms. The summed E-state index contributed by atoms with van der Waals surface area (Å²) in [5.41, 5.74) is 14.2. The number of rotatable bonds is 7. The summed E-state index contributed by atoms with van der Waals surface area (Å²) in [6.07, 6.45) is 0. The number of nitrogens with zero attached hydrogens (tertiary/aromatic N) is 2. The average molecular weight is 747 g/mol. The number of fused-ring (bicyclic) bond motifs is 5. The number of anilines is 3. The summed E-state index contributed by atoms with van der Waals surface area (Å²) in [5, 5.41) is 5.62. The van der Waals surface area contributed by atoms with E-state index in [0.717, 1.165) is 77.2 Å². The van der Waals surface area contributed by atoms with Gasteiger partial charge in [0, 0.05) is 39.0 Å². The second kappa shape index (κ2) is 13.8. The molecule has 0 fully saturated rings. The van der Waals surface area contributed by atoms with E-state index in [9.17, 15) is 0 Å². The molecule has 9 aromatic carbocycles. The molecular weight excluding hydrogens is 713 g/mol. The van der Waals surface area contributed by atoms with Crippen LogP contribution in [0.3, 0.4) is 0 Å². The molecule has 0 N–H and O–H groups in total. The van der Waals surface area contributed by atoms with Crippen molar-refractivity contribution in [1.82, 2.24) is 4.98 Å². The fourth-order valence-corrected chi connectivity index (χ4v) is 9.09. The summed E-state index contributed by atoms with van der Waals surface area (Å²) in [7, 11) is 0. The summed E-state index contributed by atoms with van der Waals surface area (Å²) in [4.78, 5) is 7.18. The van der Waals surface area contributed by atoms with Gasteiger partial charge < -0.3 is 9.32 Å². The van der Waals surface area contributed by atoms with Gasteiger partial charge >= 0.3 is 0 Å². The van der Waals surface area contributed by atoms with Gasteiger partial charge in [0.15, 0.2) is 0 Å². The Morgan fingerprint density at radius 3 is 1.72 bits per heavy atom. The molecule has 2 aromatic heterocycles. The van der Waals surface area contributed by atoms with E-state index in [2.05, 4.69) is 205 Å². The molecule has 0 spiro atoms. The first-order chi connectivity index (χ1) is 28.2. The van der Waals surface area contributed by atoms with E-state index in [-0.39, 0.29) is 0 Å². The highest BCUT2D eigenvalue weighted by Gasteiger charge is 2.19. The van der Waals surface area contributed by atoms with E-state index in [1.165, 1.54) is 26.8 Å². The zero-order chi connectivity index (χ0) is 37.7. The lowest BCUT2D eigenvalue weighted by molar-refractivity contribution is 0.669. The molecule has 0 atom stereocenters. The van der Waals surface area contributed by atoms with Crippen LogP contribution >= 0.6 is 11.3 Å². The Morgan fingerprint density at radius 2 is 0.965 bits per heavy atom. The Labute approximate surface area is 334 Å².